The van der Waals surface area contributed by atoms with E-state index in [1.165, 1.54) is 0 Å². The third-order valence-electron chi connectivity index (χ3n) is 5.24. The molecule has 0 saturated carbocycles. The molecule has 8 nitrogen and oxygen atoms in total. The number of amides is 2. The highest BCUT2D eigenvalue weighted by atomic mass is 35.5. The molecule has 1 saturated heterocycles. The number of halogens is 1. The van der Waals surface area contributed by atoms with Gasteiger partial charge >= 0.3 is 0 Å². The van der Waals surface area contributed by atoms with E-state index >= 15 is 0 Å². The summed E-state index contributed by atoms with van der Waals surface area (Å²) < 4.78 is 1.86. The van der Waals surface area contributed by atoms with Gasteiger partial charge in [0.25, 0.3) is 11.8 Å². The summed E-state index contributed by atoms with van der Waals surface area (Å²) in [5, 5.41) is 14.5. The second-order valence-electron chi connectivity index (χ2n) is 6.96. The van der Waals surface area contributed by atoms with Gasteiger partial charge in [0.05, 0.1) is 11.7 Å². The fourth-order valence-electron chi connectivity index (χ4n) is 3.53. The highest BCUT2D eigenvalue weighted by molar-refractivity contribution is 6.03. The van der Waals surface area contributed by atoms with E-state index in [4.69, 9.17) is 0 Å². The number of nitrogens with zero attached hydrogens (tertiary/aromatic N) is 4. The van der Waals surface area contributed by atoms with Crippen molar-refractivity contribution >= 4 is 29.9 Å². The molecule has 1 fully saturated rings. The molecule has 0 atom stereocenters. The van der Waals surface area contributed by atoms with Crippen molar-refractivity contribution in [2.45, 2.75) is 39.7 Å². The van der Waals surface area contributed by atoms with Gasteiger partial charge in [-0.3, -0.25) is 9.59 Å². The van der Waals surface area contributed by atoms with Gasteiger partial charge in [0.1, 0.15) is 0 Å². The van der Waals surface area contributed by atoms with E-state index in [1.807, 2.05) is 25.5 Å². The highest BCUT2D eigenvalue weighted by Crippen LogP contribution is 2.21. The fourth-order valence-corrected chi connectivity index (χ4v) is 3.53. The molecule has 0 bridgehead atoms. The fraction of sp³-hybridized carbons (Fsp3) is 0.500. The number of aromatic nitrogens is 3. The topological polar surface area (TPSA) is 92.2 Å². The van der Waals surface area contributed by atoms with Crippen LogP contribution in [-0.2, 0) is 0 Å². The van der Waals surface area contributed by atoms with Gasteiger partial charge < -0.3 is 15.5 Å². The van der Waals surface area contributed by atoms with Crippen LogP contribution in [0, 0.1) is 6.92 Å². The van der Waals surface area contributed by atoms with Gasteiger partial charge in [-0.25, -0.2) is 4.68 Å². The molecule has 9 heteroatoms. The minimum atomic E-state index is -0.291. The maximum atomic E-state index is 12.6. The summed E-state index contributed by atoms with van der Waals surface area (Å²) in [4.78, 5) is 26.8. The normalized spacial score (nSPS) is 14.2. The van der Waals surface area contributed by atoms with Crippen molar-refractivity contribution in [3.05, 3.63) is 41.2 Å². The number of hydrogen-bond donors (Lipinski definition) is 2. The molecular weight excluding hydrogens is 392 g/mol. The average molecular weight is 421 g/mol. The quantitative estimate of drug-likeness (QED) is 0.749. The Hall–Kier alpha value is -2.45. The summed E-state index contributed by atoms with van der Waals surface area (Å²) in [7, 11) is 0. The van der Waals surface area contributed by atoms with Crippen molar-refractivity contribution in [1.82, 2.24) is 25.2 Å². The Morgan fingerprint density at radius 3 is 2.38 bits per heavy atom. The Bertz CT molecular complexity index is 826. The first-order valence-corrected chi connectivity index (χ1v) is 9.88. The van der Waals surface area contributed by atoms with Crippen LogP contribution in [0.15, 0.2) is 24.3 Å². The molecule has 2 amide bonds. The van der Waals surface area contributed by atoms with E-state index in [0.717, 1.165) is 31.6 Å². The van der Waals surface area contributed by atoms with E-state index < -0.39 is 0 Å². The Kier molecular flexibility index (Phi) is 8.16. The lowest BCUT2D eigenvalue weighted by Crippen LogP contribution is -2.30. The van der Waals surface area contributed by atoms with Gasteiger partial charge in [0.2, 0.25) is 0 Å². The molecular formula is C20H29ClN6O2. The number of nitrogens with one attached hydrogen (secondary N) is 2. The number of carbonyl (C=O) groups excluding carboxylic acids is 2. The smallest absolute Gasteiger partial charge is 0.278 e. The Labute approximate surface area is 177 Å². The predicted octanol–water partition coefficient (Wildman–Crippen LogP) is 2.67. The first-order chi connectivity index (χ1) is 13.5. The zero-order valence-corrected chi connectivity index (χ0v) is 18.0. The lowest BCUT2D eigenvalue weighted by Gasteiger charge is -2.23. The number of hydrogen-bond acceptors (Lipinski definition) is 5. The van der Waals surface area contributed by atoms with Crippen molar-refractivity contribution in [2.24, 2.45) is 0 Å². The van der Waals surface area contributed by atoms with Gasteiger partial charge in [-0.2, -0.15) is 0 Å². The first-order valence-electron chi connectivity index (χ1n) is 9.88. The van der Waals surface area contributed by atoms with Gasteiger partial charge in [-0.05, 0) is 71.0 Å². The largest absolute Gasteiger partial charge is 0.339 e. The number of anilines is 1. The number of rotatable bonds is 6. The highest BCUT2D eigenvalue weighted by Gasteiger charge is 2.23. The zero-order valence-electron chi connectivity index (χ0n) is 17.1. The van der Waals surface area contributed by atoms with Crippen LogP contribution in [0.5, 0.6) is 0 Å². The lowest BCUT2D eigenvalue weighted by molar-refractivity contribution is 0.0773. The third kappa shape index (κ3) is 5.13. The molecule has 2 aromatic rings. The second kappa shape index (κ2) is 10.4. The molecule has 3 rings (SSSR count). The van der Waals surface area contributed by atoms with Crippen molar-refractivity contribution < 1.29 is 9.59 Å². The maximum Gasteiger partial charge on any atom is 0.278 e. The van der Waals surface area contributed by atoms with Crippen LogP contribution in [0.3, 0.4) is 0 Å². The Balaban J connectivity index is 0.00000300. The van der Waals surface area contributed by atoms with Gasteiger partial charge in [-0.1, -0.05) is 5.21 Å². The second-order valence-corrected chi connectivity index (χ2v) is 6.96. The third-order valence-corrected chi connectivity index (χ3v) is 5.24. The van der Waals surface area contributed by atoms with Crippen molar-refractivity contribution in [3.63, 3.8) is 0 Å². The molecule has 0 unspecified atom stereocenters. The lowest BCUT2D eigenvalue weighted by atomic mass is 10.1. The molecule has 0 spiro atoms. The van der Waals surface area contributed by atoms with Crippen LogP contribution < -0.4 is 10.6 Å². The van der Waals surface area contributed by atoms with Crippen LogP contribution in [0.25, 0.3) is 0 Å². The summed E-state index contributed by atoms with van der Waals surface area (Å²) in [5.41, 5.74) is 2.34. The van der Waals surface area contributed by atoms with Crippen LogP contribution in [-0.4, -0.2) is 57.9 Å². The molecule has 1 aliphatic rings. The van der Waals surface area contributed by atoms with E-state index in [1.54, 1.807) is 29.2 Å². The van der Waals surface area contributed by atoms with E-state index in [9.17, 15) is 9.59 Å². The minimum absolute atomic E-state index is 0. The molecule has 1 aliphatic heterocycles. The maximum absolute atomic E-state index is 12.6. The number of benzene rings is 1. The van der Waals surface area contributed by atoms with Crippen LogP contribution in [0.2, 0.25) is 0 Å². The predicted molar refractivity (Wildman–Crippen MR) is 115 cm³/mol. The van der Waals surface area contributed by atoms with E-state index in [-0.39, 0.29) is 30.3 Å². The number of piperidine rings is 1. The molecule has 29 heavy (non-hydrogen) atoms. The summed E-state index contributed by atoms with van der Waals surface area (Å²) in [6, 6.07) is 7.22. The van der Waals surface area contributed by atoms with Crippen LogP contribution >= 0.6 is 12.4 Å². The zero-order chi connectivity index (χ0) is 20.1. The van der Waals surface area contributed by atoms with E-state index in [2.05, 4.69) is 20.9 Å². The standard InChI is InChI=1S/C20H28N6O2.ClH/c1-4-25(5-2)20(28)15-6-8-16(9-7-15)22-19(27)18-14(3)26(24-23-18)17-10-12-21-13-11-17;/h6-9,17,21H,4-5,10-13H2,1-3H3,(H,22,27);1H. The van der Waals surface area contributed by atoms with Crippen molar-refractivity contribution in [2.75, 3.05) is 31.5 Å². The van der Waals surface area contributed by atoms with Gasteiger partial charge in [0, 0.05) is 24.3 Å². The number of carbonyl (C=O) groups is 2. The van der Waals surface area contributed by atoms with Gasteiger partial charge in [0.15, 0.2) is 5.69 Å². The SMILES string of the molecule is CCN(CC)C(=O)c1ccc(NC(=O)c2nnn(C3CCNCC3)c2C)cc1.Cl. The minimum Gasteiger partial charge on any atom is -0.339 e. The van der Waals surface area contributed by atoms with E-state index in [0.29, 0.717) is 30.0 Å². The van der Waals surface area contributed by atoms with Crippen LogP contribution in [0.4, 0.5) is 5.69 Å². The first kappa shape index (κ1) is 22.8. The summed E-state index contributed by atoms with van der Waals surface area (Å²) in [6.07, 6.45) is 1.96. The molecule has 2 heterocycles. The summed E-state index contributed by atoms with van der Waals surface area (Å²) >= 11 is 0. The summed E-state index contributed by atoms with van der Waals surface area (Å²) in [6.45, 7) is 9.02. The Morgan fingerprint density at radius 1 is 1.17 bits per heavy atom. The molecule has 158 valence electrons. The van der Waals surface area contributed by atoms with Crippen molar-refractivity contribution in [3.8, 4) is 0 Å². The molecule has 1 aromatic heterocycles. The molecule has 1 aromatic carbocycles. The molecule has 2 N–H and O–H groups in total. The summed E-state index contributed by atoms with van der Waals surface area (Å²) in [5.74, 6) is -0.302. The molecule has 0 radical (unpaired) electrons. The van der Waals surface area contributed by atoms with Crippen LogP contribution in [0.1, 0.15) is 59.3 Å². The monoisotopic (exact) mass is 420 g/mol. The van der Waals surface area contributed by atoms with Crippen molar-refractivity contribution in [1.29, 1.82) is 0 Å². The Morgan fingerprint density at radius 2 is 1.79 bits per heavy atom. The average Bonchev–Trinajstić information content (AvgIpc) is 3.11. The van der Waals surface area contributed by atoms with Gasteiger partial charge in [-0.15, -0.1) is 17.5 Å². The molecule has 0 aliphatic carbocycles.